The van der Waals surface area contributed by atoms with Crippen LogP contribution in [-0.2, 0) is 6.42 Å². The average Bonchev–Trinajstić information content (AvgIpc) is 2.37. The summed E-state index contributed by atoms with van der Waals surface area (Å²) in [5, 5.41) is 6.54. The van der Waals surface area contributed by atoms with Crippen molar-refractivity contribution in [1.29, 1.82) is 0 Å². The Morgan fingerprint density at radius 2 is 2.00 bits per heavy atom. The van der Waals surface area contributed by atoms with Gasteiger partial charge in [0.15, 0.2) is 0 Å². The van der Waals surface area contributed by atoms with E-state index in [-0.39, 0.29) is 0 Å². The quantitative estimate of drug-likeness (QED) is 0.783. The van der Waals surface area contributed by atoms with Crippen LogP contribution in [0, 0.1) is 0 Å². The Labute approximate surface area is 108 Å². The van der Waals surface area contributed by atoms with Crippen molar-refractivity contribution in [2.45, 2.75) is 32.7 Å². The maximum atomic E-state index is 4.50. The van der Waals surface area contributed by atoms with E-state index in [2.05, 4.69) is 40.7 Å². The van der Waals surface area contributed by atoms with Gasteiger partial charge in [0.1, 0.15) is 17.5 Å². The van der Waals surface area contributed by atoms with E-state index in [0.29, 0.717) is 6.04 Å². The highest BCUT2D eigenvalue weighted by atomic mass is 32.2. The van der Waals surface area contributed by atoms with Crippen LogP contribution in [0.4, 0.5) is 11.6 Å². The third kappa shape index (κ3) is 4.42. The molecule has 0 saturated heterocycles. The number of aryl methyl sites for hydroxylation is 1. The van der Waals surface area contributed by atoms with Crippen LogP contribution in [0.2, 0.25) is 0 Å². The molecule has 1 heterocycles. The first kappa shape index (κ1) is 14.1. The second-order valence-corrected chi connectivity index (χ2v) is 4.77. The van der Waals surface area contributed by atoms with Crippen LogP contribution < -0.4 is 10.6 Å². The van der Waals surface area contributed by atoms with Crippen molar-refractivity contribution < 1.29 is 0 Å². The Morgan fingerprint density at radius 1 is 1.29 bits per heavy atom. The average molecular weight is 254 g/mol. The van der Waals surface area contributed by atoms with E-state index >= 15 is 0 Å². The molecule has 0 aliphatic rings. The second-order valence-electron chi connectivity index (χ2n) is 3.86. The van der Waals surface area contributed by atoms with E-state index in [1.54, 1.807) is 0 Å². The Hall–Kier alpha value is -0.970. The third-order valence-electron chi connectivity index (χ3n) is 2.56. The van der Waals surface area contributed by atoms with Crippen LogP contribution in [0.15, 0.2) is 6.07 Å². The number of thioether (sulfide) groups is 1. The molecule has 96 valence electrons. The highest BCUT2D eigenvalue weighted by molar-refractivity contribution is 7.98. The van der Waals surface area contributed by atoms with Crippen molar-refractivity contribution in [2.24, 2.45) is 0 Å². The molecule has 5 heteroatoms. The van der Waals surface area contributed by atoms with Crippen molar-refractivity contribution >= 4 is 23.4 Å². The van der Waals surface area contributed by atoms with Crippen molar-refractivity contribution in [3.8, 4) is 0 Å². The smallest absolute Gasteiger partial charge is 0.132 e. The topological polar surface area (TPSA) is 49.8 Å². The van der Waals surface area contributed by atoms with Gasteiger partial charge in [0.05, 0.1) is 0 Å². The third-order valence-corrected chi connectivity index (χ3v) is 3.29. The molecule has 2 N–H and O–H groups in total. The van der Waals surface area contributed by atoms with Crippen LogP contribution in [0.5, 0.6) is 0 Å². The molecule has 0 aliphatic carbocycles. The standard InChI is InChI=1S/C12H22N4S/c1-5-9(8-17-4)14-12-7-11(13-3)15-10(6-2)16-12/h7,9H,5-6,8H2,1-4H3,(H2,13,14,15,16). The zero-order valence-electron chi connectivity index (χ0n) is 11.1. The largest absolute Gasteiger partial charge is 0.373 e. The van der Waals surface area contributed by atoms with Crippen molar-refractivity contribution in [2.75, 3.05) is 29.7 Å². The predicted molar refractivity (Wildman–Crippen MR) is 77.0 cm³/mol. The summed E-state index contributed by atoms with van der Waals surface area (Å²) in [6.45, 7) is 4.26. The summed E-state index contributed by atoms with van der Waals surface area (Å²) < 4.78 is 0. The Kier molecular flexibility index (Phi) is 6.11. The van der Waals surface area contributed by atoms with E-state index in [1.165, 1.54) is 0 Å². The highest BCUT2D eigenvalue weighted by Crippen LogP contribution is 2.14. The van der Waals surface area contributed by atoms with Gasteiger partial charge in [-0.15, -0.1) is 0 Å². The summed E-state index contributed by atoms with van der Waals surface area (Å²) in [4.78, 5) is 8.88. The lowest BCUT2D eigenvalue weighted by atomic mass is 10.2. The molecular weight excluding hydrogens is 232 g/mol. The lowest BCUT2D eigenvalue weighted by Crippen LogP contribution is -2.22. The maximum Gasteiger partial charge on any atom is 0.132 e. The molecule has 1 unspecified atom stereocenters. The zero-order valence-corrected chi connectivity index (χ0v) is 11.9. The summed E-state index contributed by atoms with van der Waals surface area (Å²) >= 11 is 1.85. The van der Waals surface area contributed by atoms with E-state index in [9.17, 15) is 0 Å². The molecule has 17 heavy (non-hydrogen) atoms. The molecule has 1 atom stereocenters. The molecule has 1 aromatic heterocycles. The zero-order chi connectivity index (χ0) is 12.7. The van der Waals surface area contributed by atoms with Gasteiger partial charge in [-0.3, -0.25) is 0 Å². The van der Waals surface area contributed by atoms with Crippen LogP contribution in [-0.4, -0.2) is 35.1 Å². The van der Waals surface area contributed by atoms with Crippen LogP contribution in [0.1, 0.15) is 26.1 Å². The van der Waals surface area contributed by atoms with Crippen LogP contribution in [0.25, 0.3) is 0 Å². The van der Waals surface area contributed by atoms with Crippen LogP contribution in [0.3, 0.4) is 0 Å². The van der Waals surface area contributed by atoms with Gasteiger partial charge in [-0.25, -0.2) is 9.97 Å². The number of anilines is 2. The molecule has 0 amide bonds. The van der Waals surface area contributed by atoms with Gasteiger partial charge >= 0.3 is 0 Å². The lowest BCUT2D eigenvalue weighted by Gasteiger charge is -2.17. The Balaban J connectivity index is 2.81. The summed E-state index contributed by atoms with van der Waals surface area (Å²) in [5.74, 6) is 3.76. The monoisotopic (exact) mass is 254 g/mol. The fraction of sp³-hybridized carbons (Fsp3) is 0.667. The minimum Gasteiger partial charge on any atom is -0.373 e. The molecule has 0 saturated carbocycles. The minimum atomic E-state index is 0.467. The fourth-order valence-electron chi connectivity index (χ4n) is 1.53. The molecule has 0 spiro atoms. The van der Waals surface area contributed by atoms with Crippen LogP contribution >= 0.6 is 11.8 Å². The number of rotatable bonds is 7. The fourth-order valence-corrected chi connectivity index (χ4v) is 2.25. The van der Waals surface area contributed by atoms with Gasteiger partial charge < -0.3 is 10.6 Å². The first-order valence-corrected chi connectivity index (χ1v) is 7.44. The van der Waals surface area contributed by atoms with Crippen molar-refractivity contribution in [1.82, 2.24) is 9.97 Å². The van der Waals surface area contributed by atoms with E-state index in [4.69, 9.17) is 0 Å². The SMILES string of the molecule is CCc1nc(NC)cc(NC(CC)CSC)n1. The molecule has 0 aromatic carbocycles. The van der Waals surface area contributed by atoms with Crippen molar-refractivity contribution in [3.05, 3.63) is 11.9 Å². The molecule has 4 nitrogen and oxygen atoms in total. The van der Waals surface area contributed by atoms with E-state index < -0.39 is 0 Å². The normalized spacial score (nSPS) is 12.2. The van der Waals surface area contributed by atoms with Gasteiger partial charge in [0.2, 0.25) is 0 Å². The summed E-state index contributed by atoms with van der Waals surface area (Å²) in [5.41, 5.74) is 0. The highest BCUT2D eigenvalue weighted by Gasteiger charge is 2.08. The Bertz CT molecular complexity index is 321. The van der Waals surface area contributed by atoms with Crippen molar-refractivity contribution in [3.63, 3.8) is 0 Å². The first-order chi connectivity index (χ1) is 8.23. The number of hydrogen-bond donors (Lipinski definition) is 2. The van der Waals surface area contributed by atoms with E-state index in [0.717, 1.165) is 36.1 Å². The molecule has 0 fully saturated rings. The maximum absolute atomic E-state index is 4.50. The molecule has 0 bridgehead atoms. The molecule has 1 rings (SSSR count). The summed E-state index contributed by atoms with van der Waals surface area (Å²) in [6.07, 6.45) is 4.07. The molecule has 1 aromatic rings. The molecular formula is C12H22N4S. The van der Waals surface area contributed by atoms with Gasteiger partial charge in [-0.05, 0) is 12.7 Å². The lowest BCUT2D eigenvalue weighted by molar-refractivity contribution is 0.766. The van der Waals surface area contributed by atoms with Gasteiger partial charge in [0, 0.05) is 31.3 Å². The van der Waals surface area contributed by atoms with Gasteiger partial charge in [-0.1, -0.05) is 13.8 Å². The molecule has 0 radical (unpaired) electrons. The number of nitrogens with one attached hydrogen (secondary N) is 2. The van der Waals surface area contributed by atoms with Gasteiger partial charge in [-0.2, -0.15) is 11.8 Å². The minimum absolute atomic E-state index is 0.467. The first-order valence-electron chi connectivity index (χ1n) is 6.04. The predicted octanol–water partition coefficient (Wildman–Crippen LogP) is 2.63. The number of hydrogen-bond acceptors (Lipinski definition) is 5. The Morgan fingerprint density at radius 3 is 2.53 bits per heavy atom. The number of aromatic nitrogens is 2. The van der Waals surface area contributed by atoms with E-state index in [1.807, 2.05) is 24.9 Å². The van der Waals surface area contributed by atoms with Gasteiger partial charge in [0.25, 0.3) is 0 Å². The molecule has 0 aliphatic heterocycles. The summed E-state index contributed by atoms with van der Waals surface area (Å²) in [6, 6.07) is 2.43. The summed E-state index contributed by atoms with van der Waals surface area (Å²) in [7, 11) is 1.88. The number of nitrogens with zero attached hydrogens (tertiary/aromatic N) is 2. The second kappa shape index (κ2) is 7.37.